The summed E-state index contributed by atoms with van der Waals surface area (Å²) < 4.78 is 46.3. The van der Waals surface area contributed by atoms with Gasteiger partial charge in [-0.3, -0.25) is 9.05 Å². The summed E-state index contributed by atoms with van der Waals surface area (Å²) in [5.74, 6) is 0. The molecule has 0 rings (SSSR count). The minimum atomic E-state index is -4.26. The Bertz CT molecular complexity index is 254. The van der Waals surface area contributed by atoms with Crippen molar-refractivity contribution in [2.45, 2.75) is 13.2 Å². The van der Waals surface area contributed by atoms with Gasteiger partial charge >= 0.3 is 15.6 Å². The first-order valence-corrected chi connectivity index (χ1v) is 7.28. The van der Waals surface area contributed by atoms with Crippen LogP contribution in [0.1, 0.15) is 6.92 Å². The van der Waals surface area contributed by atoms with Crippen LogP contribution < -0.4 is 0 Å². The molecule has 0 saturated carbocycles. The van der Waals surface area contributed by atoms with E-state index in [1.165, 1.54) is 0 Å². The molecule has 0 N–H and O–H groups in total. The molecule has 0 unspecified atom stereocenters. The SMILES string of the molecule is CC(OP(=O)(OCl)OCl)OP(=O)(OCl)OCl. The van der Waals surface area contributed by atoms with Crippen LogP contribution >= 0.6 is 63.1 Å². The molecule has 16 heavy (non-hydrogen) atoms. The molecule has 0 radical (unpaired) electrons. The Morgan fingerprint density at radius 1 is 0.812 bits per heavy atom. The van der Waals surface area contributed by atoms with E-state index < -0.39 is 21.9 Å². The topological polar surface area (TPSA) is 89.5 Å². The Kier molecular flexibility index (Phi) is 8.40. The number of halogens is 4. The molecule has 0 fully saturated rings. The van der Waals surface area contributed by atoms with Gasteiger partial charge in [-0.25, -0.2) is 9.13 Å². The molecule has 0 amide bonds. The van der Waals surface area contributed by atoms with Gasteiger partial charge in [-0.1, -0.05) is 0 Å². The Morgan fingerprint density at radius 3 is 1.25 bits per heavy atom. The molecule has 0 atom stereocenters. The molecule has 0 heterocycles. The first-order valence-electron chi connectivity index (χ1n) is 3.13. The summed E-state index contributed by atoms with van der Waals surface area (Å²) in [6.45, 7) is 1.11. The summed E-state index contributed by atoms with van der Waals surface area (Å²) in [4.78, 5) is 0. The van der Waals surface area contributed by atoms with Crippen molar-refractivity contribution in [2.75, 3.05) is 0 Å². The summed E-state index contributed by atoms with van der Waals surface area (Å²) >= 11 is 19.0. The van der Waals surface area contributed by atoms with Crippen LogP contribution in [0.25, 0.3) is 0 Å². The zero-order valence-electron chi connectivity index (χ0n) is 7.25. The Hall–Kier alpha value is 1.38. The van der Waals surface area contributed by atoms with Crippen molar-refractivity contribution in [3.8, 4) is 0 Å². The second-order valence-electron chi connectivity index (χ2n) is 1.95. The highest BCUT2D eigenvalue weighted by molar-refractivity contribution is 7.51. The van der Waals surface area contributed by atoms with E-state index in [9.17, 15) is 9.13 Å². The minimum Gasteiger partial charge on any atom is -0.254 e. The van der Waals surface area contributed by atoms with Gasteiger partial charge in [0.2, 0.25) is 0 Å². The zero-order chi connectivity index (χ0) is 12.8. The van der Waals surface area contributed by atoms with Crippen LogP contribution in [-0.2, 0) is 34.5 Å². The summed E-state index contributed by atoms with van der Waals surface area (Å²) in [6.07, 6.45) is -1.49. The monoisotopic (exact) mass is 358 g/mol. The maximum atomic E-state index is 11.2. The molecule has 0 saturated heterocycles. The van der Waals surface area contributed by atoms with Crippen LogP contribution in [0, 0.1) is 0 Å². The van der Waals surface area contributed by atoms with E-state index in [0.717, 1.165) is 6.92 Å². The van der Waals surface area contributed by atoms with Gasteiger partial charge in [0.25, 0.3) is 0 Å². The van der Waals surface area contributed by atoms with Gasteiger partial charge in [-0.2, -0.15) is 16.3 Å². The molecule has 0 aromatic rings. The molecule has 0 aliphatic rings. The highest BCUT2D eigenvalue weighted by Crippen LogP contribution is 2.57. The highest BCUT2D eigenvalue weighted by Gasteiger charge is 2.36. The average molecular weight is 360 g/mol. The molecule has 0 spiro atoms. The smallest absolute Gasteiger partial charge is 0.254 e. The van der Waals surface area contributed by atoms with Crippen LogP contribution in [-0.4, -0.2) is 6.29 Å². The van der Waals surface area contributed by atoms with Crippen molar-refractivity contribution < 1.29 is 34.5 Å². The maximum Gasteiger partial charge on any atom is 0.510 e. The minimum absolute atomic E-state index is 1.11. The second-order valence-corrected chi connectivity index (χ2v) is 6.37. The molecular formula is C2H4Cl4O8P2. The van der Waals surface area contributed by atoms with E-state index in [4.69, 9.17) is 47.5 Å². The summed E-state index contributed by atoms with van der Waals surface area (Å²) in [7, 11) is -8.51. The fourth-order valence-corrected chi connectivity index (χ4v) is 2.42. The first-order chi connectivity index (χ1) is 7.34. The molecule has 14 heteroatoms. The van der Waals surface area contributed by atoms with Crippen LogP contribution in [0.15, 0.2) is 0 Å². The van der Waals surface area contributed by atoms with E-state index in [1.54, 1.807) is 0 Å². The van der Waals surface area contributed by atoms with Gasteiger partial charge in [-0.15, -0.1) is 0 Å². The average Bonchev–Trinajstić information content (AvgIpc) is 2.28. The third-order valence-electron chi connectivity index (χ3n) is 0.893. The standard InChI is InChI=1S/C2H4Cl4O8P2/c1-2(9-15(7,11-3)12-4)10-16(8,13-5)14-6/h2H,1H3. The van der Waals surface area contributed by atoms with E-state index >= 15 is 0 Å². The molecule has 98 valence electrons. The summed E-state index contributed by atoms with van der Waals surface area (Å²) in [6, 6.07) is 0. The predicted molar refractivity (Wildman–Crippen MR) is 54.6 cm³/mol. The van der Waals surface area contributed by atoms with Gasteiger partial charge in [0, 0.05) is 0 Å². The summed E-state index contributed by atoms with van der Waals surface area (Å²) in [5.41, 5.74) is 0. The second kappa shape index (κ2) is 7.74. The lowest BCUT2D eigenvalue weighted by Crippen LogP contribution is -2.10. The third kappa shape index (κ3) is 5.82. The van der Waals surface area contributed by atoms with Gasteiger partial charge in [0.15, 0.2) is 6.29 Å². The maximum absolute atomic E-state index is 11.2. The Labute approximate surface area is 111 Å². The molecule has 8 nitrogen and oxygen atoms in total. The normalized spacial score (nSPS) is 13.4. The van der Waals surface area contributed by atoms with Crippen molar-refractivity contribution in [3.05, 3.63) is 0 Å². The Morgan fingerprint density at radius 2 is 1.06 bits per heavy atom. The van der Waals surface area contributed by atoms with Crippen LogP contribution in [0.3, 0.4) is 0 Å². The van der Waals surface area contributed by atoms with Crippen molar-refractivity contribution in [2.24, 2.45) is 0 Å². The molecule has 0 aliphatic heterocycles. The quantitative estimate of drug-likeness (QED) is 0.469. The number of hydrogen-bond acceptors (Lipinski definition) is 8. The zero-order valence-corrected chi connectivity index (χ0v) is 12.1. The van der Waals surface area contributed by atoms with Crippen LogP contribution in [0.4, 0.5) is 0 Å². The predicted octanol–water partition coefficient (Wildman–Crippen LogP) is 4.26. The van der Waals surface area contributed by atoms with Crippen molar-refractivity contribution >= 4 is 63.1 Å². The third-order valence-corrected chi connectivity index (χ3v) is 4.71. The molecule has 0 aromatic heterocycles. The van der Waals surface area contributed by atoms with E-state index in [1.807, 2.05) is 0 Å². The van der Waals surface area contributed by atoms with Gasteiger partial charge < -0.3 is 0 Å². The fourth-order valence-electron chi connectivity index (χ4n) is 0.469. The lowest BCUT2D eigenvalue weighted by molar-refractivity contribution is -0.0109. The molecule has 0 aromatic carbocycles. The van der Waals surface area contributed by atoms with E-state index in [2.05, 4.69) is 25.4 Å². The van der Waals surface area contributed by atoms with Gasteiger partial charge in [0.1, 0.15) is 0 Å². The number of hydrogen-bond donors (Lipinski definition) is 0. The lowest BCUT2D eigenvalue weighted by Gasteiger charge is -2.18. The van der Waals surface area contributed by atoms with Crippen LogP contribution in [0.5, 0.6) is 0 Å². The van der Waals surface area contributed by atoms with E-state index in [0.29, 0.717) is 0 Å². The van der Waals surface area contributed by atoms with Crippen molar-refractivity contribution in [3.63, 3.8) is 0 Å². The van der Waals surface area contributed by atoms with Gasteiger partial charge in [-0.05, 0) is 6.92 Å². The summed E-state index contributed by atoms with van der Waals surface area (Å²) in [5, 5.41) is 0. The number of rotatable bonds is 8. The van der Waals surface area contributed by atoms with Crippen molar-refractivity contribution in [1.29, 1.82) is 0 Å². The van der Waals surface area contributed by atoms with Crippen molar-refractivity contribution in [1.82, 2.24) is 0 Å². The van der Waals surface area contributed by atoms with E-state index in [-0.39, 0.29) is 0 Å². The molecular weight excluding hydrogens is 356 g/mol. The number of phosphoric acid groups is 2. The van der Waals surface area contributed by atoms with Crippen LogP contribution in [0.2, 0.25) is 0 Å². The highest BCUT2D eigenvalue weighted by atomic mass is 35.5. The lowest BCUT2D eigenvalue weighted by atomic mass is 10.8. The molecule has 0 bridgehead atoms. The largest absolute Gasteiger partial charge is 0.510 e. The molecule has 0 aliphatic carbocycles. The first kappa shape index (κ1) is 17.4. The Balaban J connectivity index is 4.43. The van der Waals surface area contributed by atoms with Gasteiger partial charge in [0.05, 0.1) is 47.5 Å². The fraction of sp³-hybridized carbons (Fsp3) is 1.00.